The molecule has 0 saturated carbocycles. The molecule has 0 amide bonds. The Balaban J connectivity index is 2.38. The van der Waals surface area contributed by atoms with Crippen LogP contribution in [0.2, 0.25) is 0 Å². The second-order valence-electron chi connectivity index (χ2n) is 5.17. The molecule has 6 heteroatoms. The molecule has 1 unspecified atom stereocenters. The molecular formula is C14H20FN3O2. The molecule has 20 heavy (non-hydrogen) atoms. The molecule has 1 atom stereocenters. The van der Waals surface area contributed by atoms with Gasteiger partial charge in [0.1, 0.15) is 5.56 Å². The van der Waals surface area contributed by atoms with Gasteiger partial charge in [-0.1, -0.05) is 6.92 Å². The molecule has 1 aromatic rings. The fourth-order valence-corrected chi connectivity index (χ4v) is 2.67. The van der Waals surface area contributed by atoms with E-state index in [1.807, 2.05) is 11.9 Å². The Morgan fingerprint density at radius 2 is 2.30 bits per heavy atom. The number of carboxylic acids is 1. The molecule has 1 aliphatic rings. The summed E-state index contributed by atoms with van der Waals surface area (Å²) in [6.07, 6.45) is 3.14. The second-order valence-corrected chi connectivity index (χ2v) is 5.17. The van der Waals surface area contributed by atoms with E-state index in [4.69, 9.17) is 5.11 Å². The SMILES string of the molecule is CCC1CN(C)CCCN1c1nccc(C(=O)O)c1F. The van der Waals surface area contributed by atoms with Crippen molar-refractivity contribution in [3.8, 4) is 0 Å². The van der Waals surface area contributed by atoms with Gasteiger partial charge in [0.2, 0.25) is 0 Å². The lowest BCUT2D eigenvalue weighted by Gasteiger charge is -2.31. The molecule has 0 radical (unpaired) electrons. The molecule has 0 spiro atoms. The third-order valence-electron chi connectivity index (χ3n) is 3.75. The van der Waals surface area contributed by atoms with E-state index in [2.05, 4.69) is 16.8 Å². The summed E-state index contributed by atoms with van der Waals surface area (Å²) in [7, 11) is 2.05. The van der Waals surface area contributed by atoms with Crippen molar-refractivity contribution < 1.29 is 14.3 Å². The number of nitrogens with zero attached hydrogens (tertiary/aromatic N) is 3. The van der Waals surface area contributed by atoms with Crippen LogP contribution in [0.4, 0.5) is 10.2 Å². The Kier molecular flexibility index (Phi) is 4.54. The van der Waals surface area contributed by atoms with Gasteiger partial charge in [0.25, 0.3) is 0 Å². The number of carbonyl (C=O) groups is 1. The molecule has 1 aromatic heterocycles. The lowest BCUT2D eigenvalue weighted by molar-refractivity contribution is 0.0691. The summed E-state index contributed by atoms with van der Waals surface area (Å²) in [6, 6.07) is 1.35. The van der Waals surface area contributed by atoms with Crippen molar-refractivity contribution in [1.29, 1.82) is 0 Å². The maximum absolute atomic E-state index is 14.3. The number of pyridine rings is 1. The number of likely N-dealkylation sites (N-methyl/N-ethyl adjacent to an activating group) is 1. The molecular weight excluding hydrogens is 261 g/mol. The summed E-state index contributed by atoms with van der Waals surface area (Å²) in [4.78, 5) is 19.2. The van der Waals surface area contributed by atoms with Gasteiger partial charge < -0.3 is 14.9 Å². The predicted molar refractivity (Wildman–Crippen MR) is 74.7 cm³/mol. The predicted octanol–water partition coefficient (Wildman–Crippen LogP) is 1.84. The normalized spacial score (nSPS) is 20.8. The van der Waals surface area contributed by atoms with Crippen LogP contribution in [0.3, 0.4) is 0 Å². The van der Waals surface area contributed by atoms with Crippen LogP contribution < -0.4 is 4.90 Å². The van der Waals surface area contributed by atoms with Gasteiger partial charge in [0.15, 0.2) is 11.6 Å². The second kappa shape index (κ2) is 6.17. The molecule has 1 fully saturated rings. The van der Waals surface area contributed by atoms with Gasteiger partial charge in [-0.15, -0.1) is 0 Å². The molecule has 1 N–H and O–H groups in total. The molecule has 1 aliphatic heterocycles. The van der Waals surface area contributed by atoms with Crippen LogP contribution in [0.15, 0.2) is 12.3 Å². The molecule has 1 saturated heterocycles. The van der Waals surface area contributed by atoms with Gasteiger partial charge in [0, 0.05) is 25.3 Å². The topological polar surface area (TPSA) is 56.7 Å². The highest BCUT2D eigenvalue weighted by Gasteiger charge is 2.27. The zero-order valence-corrected chi connectivity index (χ0v) is 11.8. The molecule has 0 bridgehead atoms. The monoisotopic (exact) mass is 281 g/mol. The highest BCUT2D eigenvalue weighted by molar-refractivity contribution is 5.88. The molecule has 2 rings (SSSR count). The van der Waals surface area contributed by atoms with Crippen molar-refractivity contribution >= 4 is 11.8 Å². The van der Waals surface area contributed by atoms with E-state index in [1.54, 1.807) is 0 Å². The summed E-state index contributed by atoms with van der Waals surface area (Å²) < 4.78 is 14.3. The van der Waals surface area contributed by atoms with Crippen LogP contribution in [-0.4, -0.2) is 53.7 Å². The average molecular weight is 281 g/mol. The quantitative estimate of drug-likeness (QED) is 0.916. The van der Waals surface area contributed by atoms with Crippen molar-refractivity contribution in [2.45, 2.75) is 25.8 Å². The van der Waals surface area contributed by atoms with Crippen LogP contribution in [0.25, 0.3) is 0 Å². The molecule has 0 aliphatic carbocycles. The van der Waals surface area contributed by atoms with E-state index in [-0.39, 0.29) is 17.4 Å². The zero-order valence-electron chi connectivity index (χ0n) is 11.8. The number of anilines is 1. The van der Waals surface area contributed by atoms with Crippen molar-refractivity contribution in [3.05, 3.63) is 23.6 Å². The Morgan fingerprint density at radius 1 is 1.55 bits per heavy atom. The first-order valence-corrected chi connectivity index (χ1v) is 6.87. The van der Waals surface area contributed by atoms with Crippen LogP contribution in [-0.2, 0) is 0 Å². The van der Waals surface area contributed by atoms with Crippen LogP contribution in [0, 0.1) is 5.82 Å². The van der Waals surface area contributed by atoms with Crippen molar-refractivity contribution in [3.63, 3.8) is 0 Å². The highest BCUT2D eigenvalue weighted by atomic mass is 19.1. The van der Waals surface area contributed by atoms with Crippen LogP contribution >= 0.6 is 0 Å². The third kappa shape index (κ3) is 2.90. The van der Waals surface area contributed by atoms with E-state index in [9.17, 15) is 9.18 Å². The number of aromatic nitrogens is 1. The molecule has 0 aromatic carbocycles. The van der Waals surface area contributed by atoms with Crippen molar-refractivity contribution in [2.75, 3.05) is 31.6 Å². The van der Waals surface area contributed by atoms with E-state index >= 15 is 0 Å². The summed E-state index contributed by atoms with van der Waals surface area (Å²) in [6.45, 7) is 4.52. The van der Waals surface area contributed by atoms with Gasteiger partial charge in [0.05, 0.1) is 0 Å². The van der Waals surface area contributed by atoms with E-state index < -0.39 is 11.8 Å². The standard InChI is InChI=1S/C14H20FN3O2/c1-3-10-9-17(2)7-4-8-18(10)13-12(15)11(14(19)20)5-6-16-13/h5-6,10H,3-4,7-9H2,1-2H3,(H,19,20). The van der Waals surface area contributed by atoms with E-state index in [1.165, 1.54) is 12.3 Å². The minimum absolute atomic E-state index is 0.147. The first kappa shape index (κ1) is 14.7. The summed E-state index contributed by atoms with van der Waals surface area (Å²) in [5.74, 6) is -1.83. The largest absolute Gasteiger partial charge is 0.478 e. The maximum Gasteiger partial charge on any atom is 0.338 e. The average Bonchev–Trinajstić information content (AvgIpc) is 2.60. The van der Waals surface area contributed by atoms with Gasteiger partial charge in [-0.3, -0.25) is 0 Å². The van der Waals surface area contributed by atoms with E-state index in [0.717, 1.165) is 25.9 Å². The van der Waals surface area contributed by atoms with Crippen LogP contribution in [0.5, 0.6) is 0 Å². The molecule has 110 valence electrons. The lowest BCUT2D eigenvalue weighted by atomic mass is 10.1. The number of hydrogen-bond donors (Lipinski definition) is 1. The first-order valence-electron chi connectivity index (χ1n) is 6.87. The lowest BCUT2D eigenvalue weighted by Crippen LogP contribution is -2.41. The number of hydrogen-bond acceptors (Lipinski definition) is 4. The Morgan fingerprint density at radius 3 is 2.95 bits per heavy atom. The smallest absolute Gasteiger partial charge is 0.338 e. The molecule has 5 nitrogen and oxygen atoms in total. The number of carboxylic acid groups (broad SMARTS) is 1. The summed E-state index contributed by atoms with van der Waals surface area (Å²) in [5.41, 5.74) is -0.317. The van der Waals surface area contributed by atoms with Gasteiger partial charge >= 0.3 is 5.97 Å². The number of aromatic carboxylic acids is 1. The first-order chi connectivity index (χ1) is 9.54. The number of rotatable bonds is 3. The Hall–Kier alpha value is -1.69. The van der Waals surface area contributed by atoms with Crippen molar-refractivity contribution in [1.82, 2.24) is 9.88 Å². The Bertz CT molecular complexity index is 495. The highest BCUT2D eigenvalue weighted by Crippen LogP contribution is 2.24. The van der Waals surface area contributed by atoms with Crippen molar-refractivity contribution in [2.24, 2.45) is 0 Å². The van der Waals surface area contributed by atoms with Gasteiger partial charge in [-0.25, -0.2) is 14.2 Å². The minimum Gasteiger partial charge on any atom is -0.478 e. The Labute approximate surface area is 118 Å². The van der Waals surface area contributed by atoms with Gasteiger partial charge in [-0.05, 0) is 32.5 Å². The fourth-order valence-electron chi connectivity index (χ4n) is 2.67. The summed E-state index contributed by atoms with van der Waals surface area (Å²) >= 11 is 0. The number of halogens is 1. The van der Waals surface area contributed by atoms with Gasteiger partial charge in [-0.2, -0.15) is 0 Å². The zero-order chi connectivity index (χ0) is 14.7. The van der Waals surface area contributed by atoms with E-state index in [0.29, 0.717) is 6.54 Å². The minimum atomic E-state index is -1.26. The fraction of sp³-hybridized carbons (Fsp3) is 0.571. The maximum atomic E-state index is 14.3. The van der Waals surface area contributed by atoms with Crippen LogP contribution in [0.1, 0.15) is 30.1 Å². The third-order valence-corrected chi connectivity index (χ3v) is 3.75. The molecule has 2 heterocycles. The summed E-state index contributed by atoms with van der Waals surface area (Å²) in [5, 5.41) is 9.01.